The highest BCUT2D eigenvalue weighted by molar-refractivity contribution is 7.16. The van der Waals surface area contributed by atoms with Crippen LogP contribution in [0.1, 0.15) is 49.6 Å². The molecule has 3 aromatic rings. The number of aldehydes is 1. The lowest BCUT2D eigenvalue weighted by Gasteiger charge is -2.12. The molecule has 0 spiro atoms. The van der Waals surface area contributed by atoms with Crippen molar-refractivity contribution in [3.05, 3.63) is 35.0 Å². The van der Waals surface area contributed by atoms with Crippen molar-refractivity contribution in [2.75, 3.05) is 6.61 Å². The van der Waals surface area contributed by atoms with E-state index in [1.807, 2.05) is 24.3 Å². The number of carbonyl (C=O) groups excluding carboxylic acids is 1. The standard InChI is InChI=1S/C18H21N3O2S/c1-5-10-23-13-8-6-12(7-9-13)15-14(11-22)21-17(19-15)24-16(20-21)18(2,3)4/h6-9,11H,5,10H2,1-4H3. The summed E-state index contributed by atoms with van der Waals surface area (Å²) >= 11 is 1.52. The van der Waals surface area contributed by atoms with Crippen LogP contribution < -0.4 is 4.74 Å². The van der Waals surface area contributed by atoms with Crippen LogP contribution in [0.4, 0.5) is 0 Å². The molecular weight excluding hydrogens is 322 g/mol. The van der Waals surface area contributed by atoms with Crippen LogP contribution in [0.15, 0.2) is 24.3 Å². The van der Waals surface area contributed by atoms with E-state index < -0.39 is 0 Å². The number of rotatable bonds is 5. The quantitative estimate of drug-likeness (QED) is 0.646. The molecule has 0 atom stereocenters. The van der Waals surface area contributed by atoms with E-state index in [-0.39, 0.29) is 5.41 Å². The topological polar surface area (TPSA) is 56.5 Å². The molecule has 2 heterocycles. The van der Waals surface area contributed by atoms with E-state index in [0.717, 1.165) is 34.0 Å². The number of benzene rings is 1. The van der Waals surface area contributed by atoms with Gasteiger partial charge in [0.25, 0.3) is 0 Å². The van der Waals surface area contributed by atoms with Gasteiger partial charge in [0.05, 0.1) is 6.61 Å². The fourth-order valence-corrected chi connectivity index (χ4v) is 3.28. The Labute approximate surface area is 145 Å². The van der Waals surface area contributed by atoms with E-state index in [0.29, 0.717) is 18.0 Å². The van der Waals surface area contributed by atoms with Crippen molar-refractivity contribution < 1.29 is 9.53 Å². The van der Waals surface area contributed by atoms with Gasteiger partial charge in [-0.1, -0.05) is 39.0 Å². The molecule has 0 aliphatic rings. The highest BCUT2D eigenvalue weighted by atomic mass is 32.1. The number of hydrogen-bond acceptors (Lipinski definition) is 5. The average molecular weight is 343 g/mol. The fraction of sp³-hybridized carbons (Fsp3) is 0.389. The summed E-state index contributed by atoms with van der Waals surface area (Å²) in [6.07, 6.45) is 1.79. The van der Waals surface area contributed by atoms with Crippen molar-refractivity contribution in [1.82, 2.24) is 14.6 Å². The first-order valence-electron chi connectivity index (χ1n) is 8.02. The van der Waals surface area contributed by atoms with Crippen LogP contribution >= 0.6 is 11.3 Å². The molecule has 1 aromatic carbocycles. The maximum absolute atomic E-state index is 11.6. The molecule has 0 bridgehead atoms. The molecule has 6 heteroatoms. The van der Waals surface area contributed by atoms with Crippen LogP contribution in [-0.4, -0.2) is 27.5 Å². The maximum atomic E-state index is 11.6. The van der Waals surface area contributed by atoms with Crippen LogP contribution in [0, 0.1) is 0 Å². The number of ether oxygens (including phenoxy) is 1. The zero-order chi connectivity index (χ0) is 17.3. The predicted octanol–water partition coefficient (Wildman–Crippen LogP) is 4.36. The van der Waals surface area contributed by atoms with Crippen LogP contribution in [-0.2, 0) is 5.41 Å². The van der Waals surface area contributed by atoms with Crippen LogP contribution in [0.25, 0.3) is 16.2 Å². The molecule has 0 amide bonds. The number of nitrogens with zero attached hydrogens (tertiary/aromatic N) is 3. The monoisotopic (exact) mass is 343 g/mol. The Morgan fingerprint density at radius 2 is 1.96 bits per heavy atom. The summed E-state index contributed by atoms with van der Waals surface area (Å²) in [7, 11) is 0. The van der Waals surface area contributed by atoms with Gasteiger partial charge in [0.1, 0.15) is 22.1 Å². The van der Waals surface area contributed by atoms with Crippen molar-refractivity contribution in [2.24, 2.45) is 0 Å². The molecule has 0 saturated heterocycles. The van der Waals surface area contributed by atoms with Crippen molar-refractivity contribution in [1.29, 1.82) is 0 Å². The Bertz CT molecular complexity index is 857. The van der Waals surface area contributed by atoms with E-state index in [1.165, 1.54) is 11.3 Å². The number of fused-ring (bicyclic) bond motifs is 1. The van der Waals surface area contributed by atoms with Crippen LogP contribution in [0.5, 0.6) is 5.75 Å². The van der Waals surface area contributed by atoms with E-state index in [9.17, 15) is 4.79 Å². The molecule has 0 saturated carbocycles. The fourth-order valence-electron chi connectivity index (χ4n) is 2.31. The summed E-state index contributed by atoms with van der Waals surface area (Å²) < 4.78 is 7.24. The zero-order valence-corrected chi connectivity index (χ0v) is 15.2. The highest BCUT2D eigenvalue weighted by Gasteiger charge is 2.23. The van der Waals surface area contributed by atoms with Gasteiger partial charge in [0.15, 0.2) is 6.29 Å². The summed E-state index contributed by atoms with van der Waals surface area (Å²) in [5.74, 6) is 0.822. The van der Waals surface area contributed by atoms with Gasteiger partial charge < -0.3 is 4.74 Å². The lowest BCUT2D eigenvalue weighted by molar-refractivity contribution is 0.111. The minimum Gasteiger partial charge on any atom is -0.494 e. The van der Waals surface area contributed by atoms with E-state index in [4.69, 9.17) is 4.74 Å². The first-order valence-corrected chi connectivity index (χ1v) is 8.84. The summed E-state index contributed by atoms with van der Waals surface area (Å²) in [5, 5.41) is 5.54. The molecule has 0 aliphatic carbocycles. The van der Waals surface area contributed by atoms with E-state index >= 15 is 0 Å². The second-order valence-electron chi connectivity index (χ2n) is 6.69. The van der Waals surface area contributed by atoms with Crippen molar-refractivity contribution >= 4 is 22.6 Å². The predicted molar refractivity (Wildman–Crippen MR) is 96.2 cm³/mol. The highest BCUT2D eigenvalue weighted by Crippen LogP contribution is 2.31. The van der Waals surface area contributed by atoms with Crippen LogP contribution in [0.3, 0.4) is 0 Å². The molecule has 0 radical (unpaired) electrons. The lowest BCUT2D eigenvalue weighted by atomic mass is 9.98. The van der Waals surface area contributed by atoms with Crippen molar-refractivity contribution in [3.8, 4) is 17.0 Å². The lowest BCUT2D eigenvalue weighted by Crippen LogP contribution is -2.11. The summed E-state index contributed by atoms with van der Waals surface area (Å²) in [5.41, 5.74) is 1.96. The third-order valence-electron chi connectivity index (χ3n) is 3.59. The molecule has 0 unspecified atom stereocenters. The van der Waals surface area contributed by atoms with Crippen LogP contribution in [0.2, 0.25) is 0 Å². The zero-order valence-electron chi connectivity index (χ0n) is 14.4. The van der Waals surface area contributed by atoms with Gasteiger partial charge in [-0.15, -0.1) is 0 Å². The summed E-state index contributed by atoms with van der Waals surface area (Å²) in [4.78, 5) is 17.0. The normalized spacial score (nSPS) is 11.8. The Hall–Kier alpha value is -2.21. The van der Waals surface area contributed by atoms with Gasteiger partial charge in [0.2, 0.25) is 4.96 Å². The SMILES string of the molecule is CCCOc1ccc(-c2nc3sc(C(C)(C)C)nn3c2C=O)cc1. The third kappa shape index (κ3) is 3.06. The van der Waals surface area contributed by atoms with Gasteiger partial charge >= 0.3 is 0 Å². The van der Waals surface area contributed by atoms with Gasteiger partial charge in [-0.25, -0.2) is 4.98 Å². The average Bonchev–Trinajstić information content (AvgIpc) is 3.10. The number of carbonyl (C=O) groups is 1. The molecule has 0 N–H and O–H groups in total. The Morgan fingerprint density at radius 3 is 2.54 bits per heavy atom. The van der Waals surface area contributed by atoms with Crippen molar-refractivity contribution in [3.63, 3.8) is 0 Å². The molecule has 0 fully saturated rings. The Kier molecular flexibility index (Phi) is 4.41. The largest absolute Gasteiger partial charge is 0.494 e. The Balaban J connectivity index is 2.00. The number of hydrogen-bond donors (Lipinski definition) is 0. The van der Waals surface area contributed by atoms with Gasteiger partial charge in [-0.3, -0.25) is 4.79 Å². The molecule has 126 valence electrons. The first-order chi connectivity index (χ1) is 11.4. The van der Waals surface area contributed by atoms with Crippen molar-refractivity contribution in [2.45, 2.75) is 39.5 Å². The molecule has 24 heavy (non-hydrogen) atoms. The summed E-state index contributed by atoms with van der Waals surface area (Å²) in [6.45, 7) is 9.06. The number of aromatic nitrogens is 3. The van der Waals surface area contributed by atoms with Gasteiger partial charge in [0, 0.05) is 11.0 Å². The van der Waals surface area contributed by atoms with E-state index in [1.54, 1.807) is 4.52 Å². The second kappa shape index (κ2) is 6.36. The molecular formula is C18H21N3O2S. The van der Waals surface area contributed by atoms with Gasteiger partial charge in [-0.2, -0.15) is 9.61 Å². The van der Waals surface area contributed by atoms with E-state index in [2.05, 4.69) is 37.8 Å². The number of imidazole rings is 1. The maximum Gasteiger partial charge on any atom is 0.213 e. The summed E-state index contributed by atoms with van der Waals surface area (Å²) in [6, 6.07) is 7.66. The first kappa shape index (κ1) is 16.6. The Morgan fingerprint density at radius 1 is 1.25 bits per heavy atom. The van der Waals surface area contributed by atoms with Gasteiger partial charge in [-0.05, 0) is 30.7 Å². The smallest absolute Gasteiger partial charge is 0.213 e. The minimum absolute atomic E-state index is 0.0655. The minimum atomic E-state index is -0.0655. The second-order valence-corrected chi connectivity index (χ2v) is 7.64. The molecule has 2 aromatic heterocycles. The molecule has 0 aliphatic heterocycles. The molecule has 3 rings (SSSR count). The third-order valence-corrected chi connectivity index (χ3v) is 4.93. The molecule has 5 nitrogen and oxygen atoms in total.